The first-order chi connectivity index (χ1) is 23.5. The Hall–Kier alpha value is -5.04. The number of benzene rings is 3. The quantitative estimate of drug-likeness (QED) is 0.212. The van der Waals surface area contributed by atoms with Crippen molar-refractivity contribution in [2.24, 2.45) is 0 Å². The number of hydrogen-bond donors (Lipinski definition) is 2. The fourth-order valence-corrected chi connectivity index (χ4v) is 6.41. The summed E-state index contributed by atoms with van der Waals surface area (Å²) in [7, 11) is 1.62. The van der Waals surface area contributed by atoms with Gasteiger partial charge >= 0.3 is 0 Å². The van der Waals surface area contributed by atoms with Crippen LogP contribution < -0.4 is 25.3 Å². The van der Waals surface area contributed by atoms with Gasteiger partial charge in [-0.25, -0.2) is 19.4 Å². The van der Waals surface area contributed by atoms with Crippen LogP contribution >= 0.6 is 0 Å². The van der Waals surface area contributed by atoms with Crippen molar-refractivity contribution >= 4 is 34.6 Å². The van der Waals surface area contributed by atoms with E-state index in [1.165, 1.54) is 24.5 Å². The second-order valence-corrected chi connectivity index (χ2v) is 12.0. The van der Waals surface area contributed by atoms with E-state index in [0.717, 1.165) is 68.2 Å². The number of aromatic nitrogens is 2. The van der Waals surface area contributed by atoms with Gasteiger partial charge in [0, 0.05) is 44.7 Å². The van der Waals surface area contributed by atoms with Crippen LogP contribution in [0.1, 0.15) is 18.0 Å². The van der Waals surface area contributed by atoms with E-state index in [0.29, 0.717) is 41.4 Å². The number of carbonyl (C=O) groups is 1. The number of methoxy groups -OCH3 is 1. The van der Waals surface area contributed by atoms with Crippen LogP contribution in [0.5, 0.6) is 5.75 Å². The van der Waals surface area contributed by atoms with Crippen molar-refractivity contribution in [3.8, 4) is 16.9 Å². The van der Waals surface area contributed by atoms with E-state index in [1.54, 1.807) is 18.2 Å². The first kappa shape index (κ1) is 31.6. The highest BCUT2D eigenvalue weighted by Gasteiger charge is 2.31. The van der Waals surface area contributed by atoms with E-state index < -0.39 is 0 Å². The molecule has 1 amide bonds. The fraction of sp³-hybridized carbons (Fsp3) is 0.306. The molecule has 0 unspecified atom stereocenters. The van der Waals surface area contributed by atoms with Crippen molar-refractivity contribution in [2.45, 2.75) is 18.5 Å². The zero-order valence-corrected chi connectivity index (χ0v) is 26.8. The molecule has 3 saturated heterocycles. The molecule has 11 nitrogen and oxygen atoms in total. The standard InChI is InChI=1S/C36H38FN7O4/c1-3-36(45)41-29-18-30(33(46-2)19-32(29)43-13-11-42(12-14-43)28-21-47-22-28)40-34-20-35(39-23-38-34)44-31(10-15-48-44)26-8-4-6-24(16-26)25-7-5-9-27(37)17-25/h3-9,16-20,23,28,31H,1,10-15,21-22H2,2H3,(H,41,45)(H,38,39,40)/t31-/m1/s1. The SMILES string of the molecule is C=CC(=O)Nc1cc(Nc2cc(N3OCC[C@@H]3c3cccc(-c4cccc(F)c4)c3)ncn2)c(OC)cc1N1CCN(C2COC2)CC1. The molecule has 48 heavy (non-hydrogen) atoms. The Morgan fingerprint density at radius 3 is 2.52 bits per heavy atom. The molecule has 2 N–H and O–H groups in total. The molecule has 7 rings (SSSR count). The molecule has 1 atom stereocenters. The van der Waals surface area contributed by atoms with Gasteiger partial charge in [0.15, 0.2) is 5.82 Å². The second kappa shape index (κ2) is 14.0. The topological polar surface area (TPSA) is 104 Å². The van der Waals surface area contributed by atoms with Gasteiger partial charge in [-0.3, -0.25) is 14.5 Å². The highest BCUT2D eigenvalue weighted by atomic mass is 19.1. The van der Waals surface area contributed by atoms with Gasteiger partial charge in [0.2, 0.25) is 5.91 Å². The van der Waals surface area contributed by atoms with Crippen molar-refractivity contribution in [3.63, 3.8) is 0 Å². The maximum Gasteiger partial charge on any atom is 0.247 e. The first-order valence-electron chi connectivity index (χ1n) is 16.1. The van der Waals surface area contributed by atoms with Crippen LogP contribution in [0.3, 0.4) is 0 Å². The van der Waals surface area contributed by atoms with Gasteiger partial charge < -0.3 is 25.0 Å². The summed E-state index contributed by atoms with van der Waals surface area (Å²) in [6.45, 7) is 9.15. The molecule has 4 heterocycles. The molecule has 0 spiro atoms. The molecule has 12 heteroatoms. The Morgan fingerprint density at radius 1 is 1.00 bits per heavy atom. The van der Waals surface area contributed by atoms with Crippen molar-refractivity contribution < 1.29 is 23.5 Å². The second-order valence-electron chi connectivity index (χ2n) is 12.0. The predicted octanol–water partition coefficient (Wildman–Crippen LogP) is 5.56. The normalized spacial score (nSPS) is 18.3. The van der Waals surface area contributed by atoms with Gasteiger partial charge in [0.1, 0.15) is 23.7 Å². The number of nitrogens with zero attached hydrogens (tertiary/aromatic N) is 5. The average molecular weight is 652 g/mol. The summed E-state index contributed by atoms with van der Waals surface area (Å²) in [6, 6.07) is 20.6. The largest absolute Gasteiger partial charge is 0.494 e. The lowest BCUT2D eigenvalue weighted by molar-refractivity contribution is -0.111. The number of amides is 1. The summed E-state index contributed by atoms with van der Waals surface area (Å²) in [6.07, 6.45) is 3.49. The number of rotatable bonds is 10. The number of hydrogen-bond acceptors (Lipinski definition) is 10. The third-order valence-electron chi connectivity index (χ3n) is 9.03. The lowest BCUT2D eigenvalue weighted by atomic mass is 9.98. The smallest absolute Gasteiger partial charge is 0.247 e. The Labute approximate surface area is 278 Å². The number of ether oxygens (including phenoxy) is 2. The van der Waals surface area contributed by atoms with E-state index in [4.69, 9.17) is 14.3 Å². The van der Waals surface area contributed by atoms with Crippen molar-refractivity contribution in [3.05, 3.63) is 97.1 Å². The minimum Gasteiger partial charge on any atom is -0.494 e. The third kappa shape index (κ3) is 6.68. The van der Waals surface area contributed by atoms with Crippen LogP contribution in [0.4, 0.5) is 33.1 Å². The number of anilines is 5. The monoisotopic (exact) mass is 651 g/mol. The van der Waals surface area contributed by atoms with Crippen LogP contribution in [-0.4, -0.2) is 79.9 Å². The van der Waals surface area contributed by atoms with Crippen molar-refractivity contribution in [1.82, 2.24) is 14.9 Å². The zero-order chi connectivity index (χ0) is 33.0. The van der Waals surface area contributed by atoms with E-state index in [9.17, 15) is 9.18 Å². The van der Waals surface area contributed by atoms with Gasteiger partial charge in [-0.1, -0.05) is 36.9 Å². The molecule has 0 radical (unpaired) electrons. The van der Waals surface area contributed by atoms with E-state index in [1.807, 2.05) is 42.5 Å². The molecule has 0 aliphatic carbocycles. The first-order valence-corrected chi connectivity index (χ1v) is 16.1. The van der Waals surface area contributed by atoms with Gasteiger partial charge in [0.05, 0.1) is 56.1 Å². The number of carbonyl (C=O) groups excluding carboxylic acids is 1. The van der Waals surface area contributed by atoms with Crippen LogP contribution in [0.2, 0.25) is 0 Å². The molecule has 0 saturated carbocycles. The highest BCUT2D eigenvalue weighted by Crippen LogP contribution is 2.40. The number of piperazine rings is 1. The van der Waals surface area contributed by atoms with E-state index in [-0.39, 0.29) is 17.8 Å². The van der Waals surface area contributed by atoms with E-state index >= 15 is 0 Å². The molecular formula is C36H38FN7O4. The highest BCUT2D eigenvalue weighted by molar-refractivity contribution is 6.02. The van der Waals surface area contributed by atoms with Gasteiger partial charge in [-0.05, 0) is 47.0 Å². The zero-order valence-electron chi connectivity index (χ0n) is 26.8. The minimum atomic E-state index is -0.305. The van der Waals surface area contributed by atoms with Crippen molar-refractivity contribution in [2.75, 3.05) is 73.7 Å². The summed E-state index contributed by atoms with van der Waals surface area (Å²) in [5.74, 6) is 1.12. The van der Waals surface area contributed by atoms with Gasteiger partial charge in [-0.2, -0.15) is 0 Å². The number of nitrogens with one attached hydrogen (secondary N) is 2. The molecule has 3 aliphatic heterocycles. The number of halogens is 1. The Bertz CT molecular complexity index is 1790. The van der Waals surface area contributed by atoms with Crippen LogP contribution in [0.15, 0.2) is 85.7 Å². The number of hydroxylamine groups is 1. The van der Waals surface area contributed by atoms with Gasteiger partial charge in [0.25, 0.3) is 0 Å². The Morgan fingerprint density at radius 2 is 1.79 bits per heavy atom. The molecule has 3 aliphatic rings. The Kier molecular flexibility index (Phi) is 9.19. The average Bonchev–Trinajstić information content (AvgIpc) is 3.59. The predicted molar refractivity (Wildman–Crippen MR) is 183 cm³/mol. The summed E-state index contributed by atoms with van der Waals surface area (Å²) >= 11 is 0. The summed E-state index contributed by atoms with van der Waals surface area (Å²) in [5.41, 5.74) is 4.90. The summed E-state index contributed by atoms with van der Waals surface area (Å²) in [5, 5.41) is 8.14. The molecule has 0 bridgehead atoms. The molecule has 248 valence electrons. The van der Waals surface area contributed by atoms with Gasteiger partial charge in [-0.15, -0.1) is 0 Å². The van der Waals surface area contributed by atoms with E-state index in [2.05, 4.69) is 43.0 Å². The molecule has 3 aromatic carbocycles. The molecule has 1 aromatic heterocycles. The Balaban J connectivity index is 1.13. The summed E-state index contributed by atoms with van der Waals surface area (Å²) < 4.78 is 25.2. The van der Waals surface area contributed by atoms with Crippen LogP contribution in [0, 0.1) is 5.82 Å². The molecule has 4 aromatic rings. The fourth-order valence-electron chi connectivity index (χ4n) is 6.41. The van der Waals surface area contributed by atoms with Crippen LogP contribution in [0.25, 0.3) is 11.1 Å². The van der Waals surface area contributed by atoms with Crippen molar-refractivity contribution in [1.29, 1.82) is 0 Å². The molecule has 3 fully saturated rings. The maximum absolute atomic E-state index is 13.9. The molecular weight excluding hydrogens is 613 g/mol. The lowest BCUT2D eigenvalue weighted by Gasteiger charge is -2.43. The van der Waals surface area contributed by atoms with Crippen LogP contribution in [-0.2, 0) is 14.4 Å². The maximum atomic E-state index is 13.9. The third-order valence-corrected chi connectivity index (χ3v) is 9.03. The lowest BCUT2D eigenvalue weighted by Crippen LogP contribution is -2.56. The minimum absolute atomic E-state index is 0.104. The summed E-state index contributed by atoms with van der Waals surface area (Å²) in [4.78, 5) is 32.3.